The van der Waals surface area contributed by atoms with E-state index in [1.54, 1.807) is 17.8 Å². The summed E-state index contributed by atoms with van der Waals surface area (Å²) < 4.78 is 35.5. The molecule has 2 rings (SSSR count). The summed E-state index contributed by atoms with van der Waals surface area (Å²) in [7, 11) is -4.53. The van der Waals surface area contributed by atoms with Gasteiger partial charge in [-0.1, -0.05) is 12.1 Å². The highest BCUT2D eigenvalue weighted by Gasteiger charge is 2.14. The Kier molecular flexibility index (Phi) is 3.21. The lowest BCUT2D eigenvalue weighted by Crippen LogP contribution is -1.96. The fourth-order valence-corrected chi connectivity index (χ4v) is 2.38. The van der Waals surface area contributed by atoms with Gasteiger partial charge < -0.3 is 0 Å². The van der Waals surface area contributed by atoms with E-state index < -0.39 is 16.0 Å². The monoisotopic (exact) mass is 268 g/mol. The van der Waals surface area contributed by atoms with Crippen molar-refractivity contribution in [2.75, 3.05) is 0 Å². The average Bonchev–Trinajstić information content (AvgIpc) is 2.58. The molecule has 0 aliphatic heterocycles. The fraction of sp³-hybridized carbons (Fsp3) is 0.250. The molecule has 0 N–H and O–H groups in total. The van der Waals surface area contributed by atoms with Crippen LogP contribution in [0.5, 0.6) is 0 Å². The third-order valence-electron chi connectivity index (χ3n) is 2.59. The highest BCUT2D eigenvalue weighted by molar-refractivity contribution is 7.85. The first kappa shape index (κ1) is 12.8. The van der Waals surface area contributed by atoms with Crippen molar-refractivity contribution < 1.29 is 12.3 Å². The van der Waals surface area contributed by atoms with Gasteiger partial charge in [-0.05, 0) is 31.5 Å². The molecule has 6 heteroatoms. The van der Waals surface area contributed by atoms with E-state index in [9.17, 15) is 12.3 Å². The van der Waals surface area contributed by atoms with Crippen molar-refractivity contribution in [3.8, 4) is 5.69 Å². The van der Waals surface area contributed by atoms with Gasteiger partial charge in [-0.25, -0.2) is 4.68 Å². The summed E-state index contributed by atoms with van der Waals surface area (Å²) in [4.78, 5) is 0. The number of aryl methyl sites for hydroxylation is 2. The maximum atomic E-state index is 12.7. The summed E-state index contributed by atoms with van der Waals surface area (Å²) in [5.41, 5.74) is 2.78. The quantitative estimate of drug-likeness (QED) is 0.802. The second-order valence-electron chi connectivity index (χ2n) is 4.21. The van der Waals surface area contributed by atoms with Crippen molar-refractivity contribution in [2.45, 2.75) is 19.6 Å². The Morgan fingerprint density at radius 3 is 2.67 bits per heavy atom. The minimum Gasteiger partial charge on any atom is -0.240 e. The van der Waals surface area contributed by atoms with Gasteiger partial charge in [0.15, 0.2) is 0 Å². The van der Waals surface area contributed by atoms with Crippen LogP contribution in [0.25, 0.3) is 5.69 Å². The van der Waals surface area contributed by atoms with Gasteiger partial charge in [-0.2, -0.15) is 13.5 Å². The van der Waals surface area contributed by atoms with E-state index in [4.69, 9.17) is 0 Å². The van der Waals surface area contributed by atoms with Crippen LogP contribution in [-0.4, -0.2) is 18.2 Å². The van der Waals surface area contributed by atoms with Gasteiger partial charge in [0.05, 0.1) is 11.4 Å². The van der Waals surface area contributed by atoms with Crippen molar-refractivity contribution in [3.63, 3.8) is 0 Å². The molecule has 0 radical (unpaired) electrons. The molecule has 1 heterocycles. The molecule has 0 amide bonds. The first-order valence-corrected chi connectivity index (χ1v) is 6.95. The largest absolute Gasteiger partial charge is 0.306 e. The number of halogens is 1. The summed E-state index contributed by atoms with van der Waals surface area (Å²) >= 11 is 0. The summed E-state index contributed by atoms with van der Waals surface area (Å²) in [6.07, 6.45) is 1.54. The van der Waals surface area contributed by atoms with E-state index in [2.05, 4.69) is 5.10 Å². The minimum absolute atomic E-state index is 0.374. The number of nitrogens with zero attached hydrogens (tertiary/aromatic N) is 2. The zero-order chi connectivity index (χ0) is 13.3. The lowest BCUT2D eigenvalue weighted by molar-refractivity contribution is 0.551. The smallest absolute Gasteiger partial charge is 0.240 e. The van der Waals surface area contributed by atoms with Crippen LogP contribution in [-0.2, 0) is 16.0 Å². The molecular formula is C12H13FN2O2S. The minimum atomic E-state index is -4.53. The van der Waals surface area contributed by atoms with Crippen LogP contribution in [0.4, 0.5) is 3.89 Å². The van der Waals surface area contributed by atoms with E-state index in [0.29, 0.717) is 11.3 Å². The summed E-state index contributed by atoms with van der Waals surface area (Å²) in [5.74, 6) is -0.634. The van der Waals surface area contributed by atoms with E-state index in [1.807, 2.05) is 31.2 Å². The molecule has 0 unspecified atom stereocenters. The van der Waals surface area contributed by atoms with Gasteiger partial charge in [0.1, 0.15) is 5.75 Å². The van der Waals surface area contributed by atoms with Crippen LogP contribution in [0.3, 0.4) is 0 Å². The van der Waals surface area contributed by atoms with Gasteiger partial charge in [0, 0.05) is 11.8 Å². The molecule has 0 spiro atoms. The van der Waals surface area contributed by atoms with Crippen LogP contribution < -0.4 is 0 Å². The van der Waals surface area contributed by atoms with E-state index in [1.165, 1.54) is 0 Å². The normalized spacial score (nSPS) is 11.7. The number of hydrogen-bond acceptors (Lipinski definition) is 3. The third kappa shape index (κ3) is 2.95. The molecule has 2 aromatic rings. The van der Waals surface area contributed by atoms with Crippen molar-refractivity contribution >= 4 is 10.2 Å². The van der Waals surface area contributed by atoms with Gasteiger partial charge in [-0.3, -0.25) is 0 Å². The predicted molar refractivity (Wildman–Crippen MR) is 66.8 cm³/mol. The molecule has 0 saturated carbocycles. The molecule has 0 fully saturated rings. The molecule has 0 bridgehead atoms. The van der Waals surface area contributed by atoms with E-state index in [0.717, 1.165) is 11.3 Å². The van der Waals surface area contributed by atoms with Crippen molar-refractivity contribution in [1.82, 2.24) is 9.78 Å². The second kappa shape index (κ2) is 4.53. The van der Waals surface area contributed by atoms with Crippen molar-refractivity contribution in [2.24, 2.45) is 0 Å². The first-order valence-electron chi connectivity index (χ1n) is 5.40. The molecule has 0 saturated heterocycles. The Balaban J connectivity index is 2.40. The molecule has 18 heavy (non-hydrogen) atoms. The Morgan fingerprint density at radius 1 is 1.33 bits per heavy atom. The number of rotatable bonds is 3. The maximum absolute atomic E-state index is 12.7. The van der Waals surface area contributed by atoms with E-state index >= 15 is 0 Å². The number of hydrogen-bond donors (Lipinski definition) is 0. The summed E-state index contributed by atoms with van der Waals surface area (Å²) in [6, 6.07) is 7.60. The molecule has 1 aromatic heterocycles. The molecular weight excluding hydrogens is 255 g/mol. The first-order chi connectivity index (χ1) is 8.35. The molecule has 0 atom stereocenters. The standard InChI is InChI=1S/C12H13FN2O2S/c1-9-4-3-5-12(6-9)15-7-11(10(2)14-15)8-18(13,16)17/h3-7H,8H2,1-2H3. The van der Waals surface area contributed by atoms with Gasteiger partial charge in [0.25, 0.3) is 0 Å². The van der Waals surface area contributed by atoms with Crippen molar-refractivity contribution in [3.05, 3.63) is 47.3 Å². The van der Waals surface area contributed by atoms with Crippen LogP contribution in [0.2, 0.25) is 0 Å². The Morgan fingerprint density at radius 2 is 2.06 bits per heavy atom. The van der Waals surface area contributed by atoms with Crippen molar-refractivity contribution in [1.29, 1.82) is 0 Å². The highest BCUT2D eigenvalue weighted by Crippen LogP contribution is 2.16. The zero-order valence-electron chi connectivity index (χ0n) is 10.1. The molecule has 0 aliphatic carbocycles. The summed E-state index contributed by atoms with van der Waals surface area (Å²) in [6.45, 7) is 3.61. The molecule has 1 aromatic carbocycles. The van der Waals surface area contributed by atoms with Crippen LogP contribution in [0, 0.1) is 13.8 Å². The SMILES string of the molecule is Cc1cccc(-n2cc(CS(=O)(=O)F)c(C)n2)c1. The lowest BCUT2D eigenvalue weighted by atomic mass is 10.2. The lowest BCUT2D eigenvalue weighted by Gasteiger charge is -2.01. The Hall–Kier alpha value is -1.69. The van der Waals surface area contributed by atoms with Gasteiger partial charge in [-0.15, -0.1) is 3.89 Å². The number of aromatic nitrogens is 2. The van der Waals surface area contributed by atoms with Crippen LogP contribution >= 0.6 is 0 Å². The van der Waals surface area contributed by atoms with Gasteiger partial charge in [0.2, 0.25) is 0 Å². The Bertz CT molecular complexity index is 677. The highest BCUT2D eigenvalue weighted by atomic mass is 32.3. The zero-order valence-corrected chi connectivity index (χ0v) is 10.9. The molecule has 0 aliphatic rings. The van der Waals surface area contributed by atoms with E-state index in [-0.39, 0.29) is 0 Å². The number of benzene rings is 1. The van der Waals surface area contributed by atoms with Crippen LogP contribution in [0.1, 0.15) is 16.8 Å². The average molecular weight is 268 g/mol. The Labute approximate surface area is 105 Å². The van der Waals surface area contributed by atoms with Crippen LogP contribution in [0.15, 0.2) is 30.5 Å². The fourth-order valence-electron chi connectivity index (χ4n) is 1.73. The maximum Gasteiger partial charge on any atom is 0.306 e. The predicted octanol–water partition coefficient (Wildman–Crippen LogP) is 2.29. The third-order valence-corrected chi connectivity index (χ3v) is 3.25. The topological polar surface area (TPSA) is 52.0 Å². The summed E-state index contributed by atoms with van der Waals surface area (Å²) in [5, 5.41) is 4.19. The molecule has 4 nitrogen and oxygen atoms in total. The van der Waals surface area contributed by atoms with Gasteiger partial charge >= 0.3 is 10.2 Å². The molecule has 96 valence electrons. The second-order valence-corrected chi connectivity index (χ2v) is 5.57.